The van der Waals surface area contributed by atoms with E-state index in [9.17, 15) is 17.6 Å². The zero-order chi connectivity index (χ0) is 21.0. The number of hydrogen-bond acceptors (Lipinski definition) is 3. The van der Waals surface area contributed by atoms with E-state index in [4.69, 9.17) is 11.6 Å². The van der Waals surface area contributed by atoms with E-state index < -0.39 is 10.0 Å². The minimum Gasteiger partial charge on any atom is -0.349 e. The highest BCUT2D eigenvalue weighted by Gasteiger charge is 2.31. The second kappa shape index (κ2) is 9.24. The molecule has 1 fully saturated rings. The molecule has 1 aliphatic heterocycles. The monoisotopic (exact) mass is 438 g/mol. The van der Waals surface area contributed by atoms with Crippen LogP contribution in [0.4, 0.5) is 4.39 Å². The van der Waals surface area contributed by atoms with E-state index in [-0.39, 0.29) is 29.4 Å². The predicted molar refractivity (Wildman–Crippen MR) is 111 cm³/mol. The van der Waals surface area contributed by atoms with Crippen LogP contribution in [0.15, 0.2) is 48.5 Å². The van der Waals surface area contributed by atoms with Crippen molar-refractivity contribution in [2.75, 3.05) is 13.1 Å². The molecule has 1 atom stereocenters. The molecular formula is C21H24ClFN2O3S. The summed E-state index contributed by atoms with van der Waals surface area (Å²) >= 11 is 5.94. The van der Waals surface area contributed by atoms with Gasteiger partial charge in [0.1, 0.15) is 5.82 Å². The fourth-order valence-electron chi connectivity index (χ4n) is 3.49. The molecule has 5 nitrogen and oxygen atoms in total. The van der Waals surface area contributed by atoms with Gasteiger partial charge in [0.25, 0.3) is 0 Å². The molecule has 8 heteroatoms. The van der Waals surface area contributed by atoms with E-state index in [0.29, 0.717) is 36.5 Å². The Bertz CT molecular complexity index is 958. The van der Waals surface area contributed by atoms with Crippen molar-refractivity contribution >= 4 is 27.5 Å². The lowest BCUT2D eigenvalue weighted by molar-refractivity contribution is -0.126. The van der Waals surface area contributed by atoms with Crippen LogP contribution in [-0.2, 0) is 20.6 Å². The van der Waals surface area contributed by atoms with Crippen LogP contribution in [0.3, 0.4) is 0 Å². The maximum atomic E-state index is 13.0. The van der Waals surface area contributed by atoms with E-state index in [0.717, 1.165) is 5.56 Å². The fraction of sp³-hybridized carbons (Fsp3) is 0.381. The van der Waals surface area contributed by atoms with Crippen LogP contribution in [-0.4, -0.2) is 31.7 Å². The van der Waals surface area contributed by atoms with Gasteiger partial charge in [-0.2, -0.15) is 0 Å². The van der Waals surface area contributed by atoms with E-state index in [1.165, 1.54) is 16.4 Å². The topological polar surface area (TPSA) is 66.5 Å². The summed E-state index contributed by atoms with van der Waals surface area (Å²) in [7, 11) is -3.46. The molecule has 1 N–H and O–H groups in total. The first-order valence-electron chi connectivity index (χ1n) is 9.53. The number of carbonyl (C=O) groups is 1. The van der Waals surface area contributed by atoms with Crippen molar-refractivity contribution in [2.24, 2.45) is 5.92 Å². The van der Waals surface area contributed by atoms with Crippen molar-refractivity contribution < 1.29 is 17.6 Å². The van der Waals surface area contributed by atoms with Crippen LogP contribution in [0.5, 0.6) is 0 Å². The Kier molecular flexibility index (Phi) is 6.93. The van der Waals surface area contributed by atoms with E-state index >= 15 is 0 Å². The number of nitrogens with one attached hydrogen (secondary N) is 1. The van der Waals surface area contributed by atoms with Crippen molar-refractivity contribution in [3.63, 3.8) is 0 Å². The zero-order valence-corrected chi connectivity index (χ0v) is 17.7. The van der Waals surface area contributed by atoms with Crippen LogP contribution < -0.4 is 5.32 Å². The molecule has 0 saturated carbocycles. The van der Waals surface area contributed by atoms with Gasteiger partial charge in [0.05, 0.1) is 11.8 Å². The fourth-order valence-corrected chi connectivity index (χ4v) is 5.25. The molecule has 0 bridgehead atoms. The normalized spacial score (nSPS) is 17.1. The number of piperidine rings is 1. The van der Waals surface area contributed by atoms with Gasteiger partial charge in [0.2, 0.25) is 15.9 Å². The molecule has 1 aliphatic rings. The molecule has 0 spiro atoms. The van der Waals surface area contributed by atoms with Gasteiger partial charge in [-0.15, -0.1) is 0 Å². The lowest BCUT2D eigenvalue weighted by atomic mass is 9.96. The Hall–Kier alpha value is -1.96. The predicted octanol–water partition coefficient (Wildman–Crippen LogP) is 3.90. The van der Waals surface area contributed by atoms with E-state index in [2.05, 4.69) is 5.32 Å². The SMILES string of the molecule is CC(NC(=O)C1CCN(S(=O)(=O)Cc2cccc(Cl)c2)CC1)c1ccc(F)cc1. The zero-order valence-electron chi connectivity index (χ0n) is 16.1. The summed E-state index contributed by atoms with van der Waals surface area (Å²) in [6.45, 7) is 2.47. The van der Waals surface area contributed by atoms with Gasteiger partial charge in [-0.1, -0.05) is 35.9 Å². The van der Waals surface area contributed by atoms with Crippen LogP contribution in [0, 0.1) is 11.7 Å². The molecular weight excluding hydrogens is 415 g/mol. The summed E-state index contributed by atoms with van der Waals surface area (Å²) in [6, 6.07) is 12.6. The largest absolute Gasteiger partial charge is 0.349 e. The molecule has 0 aromatic heterocycles. The quantitative estimate of drug-likeness (QED) is 0.743. The Morgan fingerprint density at radius 3 is 2.48 bits per heavy atom. The second-order valence-corrected chi connectivity index (χ2v) is 9.75. The van der Waals surface area contributed by atoms with Gasteiger partial charge in [0, 0.05) is 24.0 Å². The van der Waals surface area contributed by atoms with Crippen molar-refractivity contribution in [1.29, 1.82) is 0 Å². The van der Waals surface area contributed by atoms with Gasteiger partial charge in [-0.3, -0.25) is 4.79 Å². The summed E-state index contributed by atoms with van der Waals surface area (Å²) in [5, 5.41) is 3.44. The van der Waals surface area contributed by atoms with Crippen molar-refractivity contribution in [3.05, 3.63) is 70.5 Å². The first-order valence-corrected chi connectivity index (χ1v) is 11.5. The van der Waals surface area contributed by atoms with Gasteiger partial charge in [-0.25, -0.2) is 17.1 Å². The standard InChI is InChI=1S/C21H24ClFN2O3S/c1-15(17-5-7-20(23)8-6-17)24-21(26)18-9-11-25(12-10-18)29(27,28)14-16-3-2-4-19(22)13-16/h2-8,13,15,18H,9-12,14H2,1H3,(H,24,26). The molecule has 3 rings (SSSR count). The Balaban J connectivity index is 1.54. The lowest BCUT2D eigenvalue weighted by Crippen LogP contribution is -2.43. The van der Waals surface area contributed by atoms with Gasteiger partial charge in [0.15, 0.2) is 0 Å². The molecule has 1 heterocycles. The van der Waals surface area contributed by atoms with Crippen molar-refractivity contribution in [1.82, 2.24) is 9.62 Å². The highest BCUT2D eigenvalue weighted by atomic mass is 35.5. The third-order valence-electron chi connectivity index (χ3n) is 5.18. The van der Waals surface area contributed by atoms with Crippen LogP contribution in [0.25, 0.3) is 0 Å². The number of carbonyl (C=O) groups excluding carboxylic acids is 1. The Morgan fingerprint density at radius 1 is 1.21 bits per heavy atom. The number of hydrogen-bond donors (Lipinski definition) is 1. The number of sulfonamides is 1. The second-order valence-electron chi connectivity index (χ2n) is 7.34. The van der Waals surface area contributed by atoms with Gasteiger partial charge < -0.3 is 5.32 Å². The average molecular weight is 439 g/mol. The molecule has 2 aromatic carbocycles. The van der Waals surface area contributed by atoms with Crippen molar-refractivity contribution in [3.8, 4) is 0 Å². The minimum atomic E-state index is -3.46. The highest BCUT2D eigenvalue weighted by Crippen LogP contribution is 2.24. The summed E-state index contributed by atoms with van der Waals surface area (Å²) in [6.07, 6.45) is 0.938. The number of amides is 1. The molecule has 2 aromatic rings. The first kappa shape index (κ1) is 21.7. The van der Waals surface area contributed by atoms with Gasteiger partial charge >= 0.3 is 0 Å². The number of rotatable bonds is 6. The maximum absolute atomic E-state index is 13.0. The lowest BCUT2D eigenvalue weighted by Gasteiger charge is -2.31. The molecule has 0 radical (unpaired) electrons. The third-order valence-corrected chi connectivity index (χ3v) is 7.27. The molecule has 0 aliphatic carbocycles. The van der Waals surface area contributed by atoms with Crippen LogP contribution >= 0.6 is 11.6 Å². The maximum Gasteiger partial charge on any atom is 0.223 e. The summed E-state index contributed by atoms with van der Waals surface area (Å²) in [4.78, 5) is 12.6. The smallest absolute Gasteiger partial charge is 0.223 e. The van der Waals surface area contributed by atoms with E-state index in [1.807, 2.05) is 6.92 Å². The first-order chi connectivity index (χ1) is 13.7. The van der Waals surface area contributed by atoms with E-state index in [1.54, 1.807) is 36.4 Å². The molecule has 1 amide bonds. The van der Waals surface area contributed by atoms with Crippen LogP contribution in [0.1, 0.15) is 36.9 Å². The minimum absolute atomic E-state index is 0.103. The Labute approximate surface area is 175 Å². The Morgan fingerprint density at radius 2 is 1.86 bits per heavy atom. The molecule has 29 heavy (non-hydrogen) atoms. The summed E-state index contributed by atoms with van der Waals surface area (Å²) in [5.41, 5.74) is 1.46. The van der Waals surface area contributed by atoms with Gasteiger partial charge in [-0.05, 0) is 55.2 Å². The molecule has 156 valence electrons. The molecule has 1 saturated heterocycles. The average Bonchev–Trinajstić information content (AvgIpc) is 2.68. The number of benzene rings is 2. The van der Waals surface area contributed by atoms with Crippen molar-refractivity contribution in [2.45, 2.75) is 31.6 Å². The number of nitrogens with zero attached hydrogens (tertiary/aromatic N) is 1. The number of halogens is 2. The summed E-state index contributed by atoms with van der Waals surface area (Å²) in [5.74, 6) is -0.769. The highest BCUT2D eigenvalue weighted by molar-refractivity contribution is 7.88. The molecule has 1 unspecified atom stereocenters. The third kappa shape index (κ3) is 5.78. The van der Waals surface area contributed by atoms with Crippen LogP contribution in [0.2, 0.25) is 5.02 Å². The summed E-state index contributed by atoms with van der Waals surface area (Å²) < 4.78 is 39.9.